The number of hydrogen-bond donors (Lipinski definition) is 1. The molecule has 0 bridgehead atoms. The number of halogens is 8. The minimum Gasteiger partial charge on any atom is -0.383 e. The Morgan fingerprint density at radius 3 is 1.42 bits per heavy atom. The van der Waals surface area contributed by atoms with Crippen molar-refractivity contribution in [2.45, 2.75) is 18.5 Å². The zero-order chi connectivity index (χ0) is 18.3. The first-order valence-electron chi connectivity index (χ1n) is 6.06. The Kier molecular flexibility index (Phi) is 4.98. The van der Waals surface area contributed by atoms with Crippen LogP contribution in [-0.4, -0.2) is 15.1 Å². The maximum atomic E-state index is 13.1. The van der Waals surface area contributed by atoms with Crippen molar-refractivity contribution in [2.24, 2.45) is 0 Å². The summed E-state index contributed by atoms with van der Waals surface area (Å²) in [4.78, 5) is 6.76. The van der Waals surface area contributed by atoms with Crippen LogP contribution in [0.4, 0.5) is 26.3 Å². The second-order valence-electron chi connectivity index (χ2n) is 4.52. The molecule has 0 aliphatic carbocycles. The molecule has 0 atom stereocenters. The molecule has 0 amide bonds. The van der Waals surface area contributed by atoms with E-state index in [1.807, 2.05) is 0 Å². The Morgan fingerprint density at radius 2 is 1.12 bits per heavy atom. The third-order valence-corrected chi connectivity index (χ3v) is 3.64. The Balaban J connectivity index is 2.75. The van der Waals surface area contributed by atoms with Gasteiger partial charge in [-0.3, -0.25) is 0 Å². The average molecular weight is 391 g/mol. The molecule has 1 N–H and O–H groups in total. The normalized spacial score (nSPS) is 12.8. The summed E-state index contributed by atoms with van der Waals surface area (Å²) in [6, 6.07) is 0.976. The zero-order valence-corrected chi connectivity index (χ0v) is 12.8. The van der Waals surface area contributed by atoms with Crippen molar-refractivity contribution in [3.8, 4) is 0 Å². The zero-order valence-electron chi connectivity index (χ0n) is 11.3. The first kappa shape index (κ1) is 18.8. The molecule has 2 heterocycles. The van der Waals surface area contributed by atoms with E-state index in [1.54, 1.807) is 0 Å². The molecule has 24 heavy (non-hydrogen) atoms. The summed E-state index contributed by atoms with van der Waals surface area (Å²) in [5, 5.41) is 8.59. The van der Waals surface area contributed by atoms with Crippen molar-refractivity contribution in [3.63, 3.8) is 0 Å². The lowest BCUT2D eigenvalue weighted by Gasteiger charge is -2.22. The lowest BCUT2D eigenvalue weighted by molar-refractivity contribution is -0.139. The Bertz CT molecular complexity index is 700. The number of aliphatic hydroxyl groups is 1. The number of hydrogen-bond acceptors (Lipinski definition) is 3. The van der Waals surface area contributed by atoms with Gasteiger partial charge in [0.1, 0.15) is 16.4 Å². The summed E-state index contributed by atoms with van der Waals surface area (Å²) < 4.78 is 78.4. The van der Waals surface area contributed by atoms with Gasteiger partial charge in [-0.25, -0.2) is 9.97 Å². The highest BCUT2D eigenvalue weighted by Crippen LogP contribution is 2.44. The maximum absolute atomic E-state index is 13.1. The van der Waals surface area contributed by atoms with Crippen molar-refractivity contribution in [1.29, 1.82) is 0 Å². The van der Waals surface area contributed by atoms with Crippen molar-refractivity contribution in [2.75, 3.05) is 0 Å². The van der Waals surface area contributed by atoms with Crippen LogP contribution in [0.5, 0.6) is 0 Å². The minimum absolute atomic E-state index is 0.488. The highest BCUT2D eigenvalue weighted by Gasteiger charge is 2.41. The van der Waals surface area contributed by atoms with Gasteiger partial charge >= 0.3 is 12.4 Å². The molecule has 2 aromatic heterocycles. The van der Waals surface area contributed by atoms with Crippen molar-refractivity contribution in [1.82, 2.24) is 9.97 Å². The summed E-state index contributed by atoms with van der Waals surface area (Å²) in [5.74, 6) is 0. The van der Waals surface area contributed by atoms with Gasteiger partial charge in [-0.15, -0.1) is 0 Å². The smallest absolute Gasteiger partial charge is 0.383 e. The summed E-state index contributed by atoms with van der Waals surface area (Å²) in [5.41, 5.74) is -4.93. The fourth-order valence-electron chi connectivity index (χ4n) is 2.05. The highest BCUT2D eigenvalue weighted by molar-refractivity contribution is 6.31. The molecule has 0 spiro atoms. The van der Waals surface area contributed by atoms with Crippen molar-refractivity contribution >= 4 is 23.2 Å². The van der Waals surface area contributed by atoms with Gasteiger partial charge in [-0.1, -0.05) is 23.2 Å². The lowest BCUT2D eigenvalue weighted by Crippen LogP contribution is -2.18. The van der Waals surface area contributed by atoms with Crippen LogP contribution in [0.15, 0.2) is 24.5 Å². The molecule has 0 aromatic carbocycles. The number of aromatic nitrogens is 2. The van der Waals surface area contributed by atoms with Gasteiger partial charge in [0, 0.05) is 23.5 Å². The lowest BCUT2D eigenvalue weighted by atomic mass is 9.96. The van der Waals surface area contributed by atoms with E-state index >= 15 is 0 Å². The first-order valence-corrected chi connectivity index (χ1v) is 6.81. The molecule has 2 rings (SSSR count). The molecular weight excluding hydrogens is 385 g/mol. The topological polar surface area (TPSA) is 46.0 Å². The second kappa shape index (κ2) is 6.38. The van der Waals surface area contributed by atoms with Crippen LogP contribution in [-0.2, 0) is 12.4 Å². The van der Waals surface area contributed by atoms with Gasteiger partial charge in [-0.05, 0) is 12.1 Å². The first-order chi connectivity index (χ1) is 10.9. The summed E-state index contributed by atoms with van der Waals surface area (Å²) in [6.07, 6.45) is -10.9. The molecule has 0 radical (unpaired) electrons. The van der Waals surface area contributed by atoms with Crippen LogP contribution >= 0.6 is 23.2 Å². The second-order valence-corrected chi connectivity index (χ2v) is 5.24. The average Bonchev–Trinajstić information content (AvgIpc) is 2.44. The van der Waals surface area contributed by atoms with Crippen LogP contribution in [0.3, 0.4) is 0 Å². The fraction of sp³-hybridized carbons (Fsp3) is 0.231. The summed E-state index contributed by atoms with van der Waals surface area (Å²) >= 11 is 11.2. The fourth-order valence-corrected chi connectivity index (χ4v) is 2.58. The standard InChI is InChI=1S/C13H6Cl2F6N2O/c14-10-7(5(1-3-22-10)12(16,17)18)9(24)8-6(13(19,20)21)2-4-23-11(8)15/h1-4,9,24H. The largest absolute Gasteiger partial charge is 0.416 e. The van der Waals surface area contributed by atoms with Crippen LogP contribution in [0.25, 0.3) is 0 Å². The van der Waals surface area contributed by atoms with E-state index in [-0.39, 0.29) is 0 Å². The predicted octanol–water partition coefficient (Wildman–Crippen LogP) is 4.90. The quantitative estimate of drug-likeness (QED) is 0.585. The Labute approximate surface area is 140 Å². The van der Waals surface area contributed by atoms with Crippen LogP contribution in [0.2, 0.25) is 10.3 Å². The van der Waals surface area contributed by atoms with E-state index in [0.29, 0.717) is 12.1 Å². The van der Waals surface area contributed by atoms with E-state index in [4.69, 9.17) is 23.2 Å². The van der Waals surface area contributed by atoms with Gasteiger partial charge in [0.25, 0.3) is 0 Å². The highest BCUT2D eigenvalue weighted by atomic mass is 35.5. The molecule has 0 aliphatic rings. The van der Waals surface area contributed by atoms with Gasteiger partial charge in [-0.2, -0.15) is 26.3 Å². The van der Waals surface area contributed by atoms with E-state index in [1.165, 1.54) is 0 Å². The van der Waals surface area contributed by atoms with Crippen molar-refractivity contribution in [3.05, 3.63) is 57.1 Å². The Morgan fingerprint density at radius 1 is 0.792 bits per heavy atom. The molecule has 0 saturated carbocycles. The van der Waals surface area contributed by atoms with E-state index < -0.39 is 51.0 Å². The number of nitrogens with zero attached hydrogens (tertiary/aromatic N) is 2. The molecule has 0 saturated heterocycles. The number of rotatable bonds is 2. The van der Waals surface area contributed by atoms with Crippen LogP contribution in [0.1, 0.15) is 28.4 Å². The van der Waals surface area contributed by atoms with E-state index in [9.17, 15) is 31.4 Å². The SMILES string of the molecule is OC(c1c(C(F)(F)F)ccnc1Cl)c1c(C(F)(F)F)ccnc1Cl. The molecule has 2 aromatic rings. The third kappa shape index (κ3) is 3.57. The van der Waals surface area contributed by atoms with Crippen LogP contribution < -0.4 is 0 Å². The summed E-state index contributed by atoms with van der Waals surface area (Å²) in [7, 11) is 0. The minimum atomic E-state index is -4.98. The van der Waals surface area contributed by atoms with Gasteiger partial charge in [0.15, 0.2) is 0 Å². The number of alkyl halides is 6. The maximum Gasteiger partial charge on any atom is 0.416 e. The Hall–Kier alpha value is -1.58. The molecule has 130 valence electrons. The number of pyridine rings is 2. The van der Waals surface area contributed by atoms with Gasteiger partial charge in [0.2, 0.25) is 0 Å². The third-order valence-electron chi connectivity index (χ3n) is 3.04. The molecule has 11 heteroatoms. The van der Waals surface area contributed by atoms with E-state index in [2.05, 4.69) is 9.97 Å². The molecule has 0 fully saturated rings. The van der Waals surface area contributed by atoms with Gasteiger partial charge in [0.05, 0.1) is 11.1 Å². The monoisotopic (exact) mass is 390 g/mol. The molecular formula is C13H6Cl2F6N2O. The predicted molar refractivity (Wildman–Crippen MR) is 72.6 cm³/mol. The summed E-state index contributed by atoms with van der Waals surface area (Å²) in [6.45, 7) is 0. The van der Waals surface area contributed by atoms with E-state index in [0.717, 1.165) is 12.4 Å². The molecule has 3 nitrogen and oxygen atoms in total. The number of aliphatic hydroxyl groups excluding tert-OH is 1. The van der Waals surface area contributed by atoms with Gasteiger partial charge < -0.3 is 5.11 Å². The van der Waals surface area contributed by atoms with Crippen molar-refractivity contribution < 1.29 is 31.4 Å². The molecule has 0 aliphatic heterocycles. The molecule has 0 unspecified atom stereocenters. The van der Waals surface area contributed by atoms with Crippen LogP contribution in [0, 0.1) is 0 Å².